The number of carbonyl (C=O) groups excluding carboxylic acids is 1. The van der Waals surface area contributed by atoms with Crippen molar-refractivity contribution in [1.82, 2.24) is 10.2 Å². The maximum Gasteiger partial charge on any atom is 0.234 e. The van der Waals surface area contributed by atoms with Gasteiger partial charge >= 0.3 is 0 Å². The fourth-order valence-electron chi connectivity index (χ4n) is 2.49. The van der Waals surface area contributed by atoms with Gasteiger partial charge in [-0.1, -0.05) is 36.7 Å². The molecule has 0 aliphatic rings. The van der Waals surface area contributed by atoms with E-state index in [9.17, 15) is 4.79 Å². The third-order valence-corrected chi connectivity index (χ3v) is 3.66. The highest BCUT2D eigenvalue weighted by Gasteiger charge is 2.26. The summed E-state index contributed by atoms with van der Waals surface area (Å²) in [6, 6.07) is 7.58. The summed E-state index contributed by atoms with van der Waals surface area (Å²) in [7, 11) is 0. The third-order valence-electron chi connectivity index (χ3n) is 3.32. The number of hydrogen-bond donors (Lipinski definition) is 2. The SMILES string of the molecule is CCN(CC(=O)NC(C)C)C(c1ccccc1Cl)C(C)N. The van der Waals surface area contributed by atoms with Gasteiger partial charge < -0.3 is 11.1 Å². The number of nitrogens with two attached hydrogens (primary N) is 1. The number of amides is 1. The number of halogens is 1. The number of benzene rings is 1. The number of hydrogen-bond acceptors (Lipinski definition) is 3. The van der Waals surface area contributed by atoms with E-state index < -0.39 is 0 Å². The first-order valence-electron chi connectivity index (χ1n) is 7.40. The van der Waals surface area contributed by atoms with Crippen LogP contribution in [0.3, 0.4) is 0 Å². The Balaban J connectivity index is 2.97. The summed E-state index contributed by atoms with van der Waals surface area (Å²) >= 11 is 6.30. The largest absolute Gasteiger partial charge is 0.353 e. The Morgan fingerprint density at radius 3 is 2.43 bits per heavy atom. The highest BCUT2D eigenvalue weighted by atomic mass is 35.5. The lowest BCUT2D eigenvalue weighted by Gasteiger charge is -2.34. The van der Waals surface area contributed by atoms with Gasteiger partial charge in [0, 0.05) is 17.1 Å². The van der Waals surface area contributed by atoms with Crippen LogP contribution in [0.5, 0.6) is 0 Å². The van der Waals surface area contributed by atoms with Crippen molar-refractivity contribution in [2.75, 3.05) is 13.1 Å². The predicted molar refractivity (Wildman–Crippen MR) is 88.4 cm³/mol. The second-order valence-corrected chi connectivity index (χ2v) is 6.02. The molecule has 0 saturated carbocycles. The van der Waals surface area contributed by atoms with Crippen LogP contribution in [0.2, 0.25) is 5.02 Å². The van der Waals surface area contributed by atoms with Crippen molar-refractivity contribution >= 4 is 17.5 Å². The Bertz CT molecular complexity index is 463. The van der Waals surface area contributed by atoms with E-state index in [1.54, 1.807) is 0 Å². The average Bonchev–Trinajstić information content (AvgIpc) is 2.38. The van der Waals surface area contributed by atoms with Gasteiger partial charge in [-0.2, -0.15) is 0 Å². The van der Waals surface area contributed by atoms with Crippen molar-refractivity contribution in [2.45, 2.75) is 45.8 Å². The van der Waals surface area contributed by atoms with E-state index >= 15 is 0 Å². The summed E-state index contributed by atoms with van der Waals surface area (Å²) in [6.07, 6.45) is 0. The van der Waals surface area contributed by atoms with Gasteiger partial charge in [0.05, 0.1) is 12.6 Å². The molecule has 118 valence electrons. The van der Waals surface area contributed by atoms with E-state index in [0.717, 1.165) is 12.1 Å². The fraction of sp³-hybridized carbons (Fsp3) is 0.562. The summed E-state index contributed by atoms with van der Waals surface area (Å²) in [5.74, 6) is 0.00422. The minimum Gasteiger partial charge on any atom is -0.353 e. The lowest BCUT2D eigenvalue weighted by atomic mass is 9.99. The molecule has 0 aliphatic heterocycles. The van der Waals surface area contributed by atoms with E-state index in [1.807, 2.05) is 52.0 Å². The lowest BCUT2D eigenvalue weighted by molar-refractivity contribution is -0.123. The zero-order valence-corrected chi connectivity index (χ0v) is 14.0. The van der Waals surface area contributed by atoms with Crippen molar-refractivity contribution in [3.63, 3.8) is 0 Å². The van der Waals surface area contributed by atoms with Crippen molar-refractivity contribution in [2.24, 2.45) is 5.73 Å². The standard InChI is InChI=1S/C16H26ClN3O/c1-5-20(10-15(21)19-11(2)3)16(12(4)18)13-8-6-7-9-14(13)17/h6-9,11-12,16H,5,10,18H2,1-4H3,(H,19,21). The Labute approximate surface area is 132 Å². The minimum atomic E-state index is -0.128. The van der Waals surface area contributed by atoms with Crippen LogP contribution in [0, 0.1) is 0 Å². The molecule has 0 aliphatic carbocycles. The van der Waals surface area contributed by atoms with E-state index in [2.05, 4.69) is 10.2 Å². The maximum absolute atomic E-state index is 12.0. The second-order valence-electron chi connectivity index (χ2n) is 5.61. The number of nitrogens with one attached hydrogen (secondary N) is 1. The van der Waals surface area contributed by atoms with Gasteiger partial charge in [-0.05, 0) is 38.9 Å². The molecule has 1 aromatic rings. The minimum absolute atomic E-state index is 0.00422. The molecule has 1 amide bonds. The van der Waals surface area contributed by atoms with Crippen LogP contribution in [-0.4, -0.2) is 36.0 Å². The van der Waals surface area contributed by atoms with Gasteiger partial charge in [-0.15, -0.1) is 0 Å². The fourth-order valence-corrected chi connectivity index (χ4v) is 2.73. The maximum atomic E-state index is 12.0. The molecule has 0 bridgehead atoms. The van der Waals surface area contributed by atoms with Crippen molar-refractivity contribution in [3.05, 3.63) is 34.9 Å². The number of rotatable bonds is 7. The highest BCUT2D eigenvalue weighted by molar-refractivity contribution is 6.31. The van der Waals surface area contributed by atoms with Gasteiger partial charge in [-0.3, -0.25) is 9.69 Å². The van der Waals surface area contributed by atoms with E-state index in [4.69, 9.17) is 17.3 Å². The lowest BCUT2D eigenvalue weighted by Crippen LogP contribution is -2.46. The molecule has 21 heavy (non-hydrogen) atoms. The first kappa shape index (κ1) is 18.0. The molecule has 2 atom stereocenters. The van der Waals surface area contributed by atoms with Crippen LogP contribution in [0.1, 0.15) is 39.3 Å². The zero-order valence-electron chi connectivity index (χ0n) is 13.3. The summed E-state index contributed by atoms with van der Waals surface area (Å²) < 4.78 is 0. The van der Waals surface area contributed by atoms with Crippen LogP contribution in [0.15, 0.2) is 24.3 Å². The normalized spacial score (nSPS) is 14.3. The molecular weight excluding hydrogens is 286 g/mol. The van der Waals surface area contributed by atoms with E-state index in [0.29, 0.717) is 11.6 Å². The quantitative estimate of drug-likeness (QED) is 0.813. The van der Waals surface area contributed by atoms with Crippen molar-refractivity contribution in [3.8, 4) is 0 Å². The first-order valence-corrected chi connectivity index (χ1v) is 7.78. The van der Waals surface area contributed by atoms with Crippen LogP contribution >= 0.6 is 11.6 Å². The Hall–Kier alpha value is -1.10. The van der Waals surface area contributed by atoms with E-state index in [1.165, 1.54) is 0 Å². The zero-order chi connectivity index (χ0) is 16.0. The van der Waals surface area contributed by atoms with Crippen molar-refractivity contribution < 1.29 is 4.79 Å². The molecule has 5 heteroatoms. The van der Waals surface area contributed by atoms with Gasteiger partial charge in [0.25, 0.3) is 0 Å². The van der Waals surface area contributed by atoms with E-state index in [-0.39, 0.29) is 24.0 Å². The third kappa shape index (κ3) is 5.30. The molecule has 0 heterocycles. The molecule has 0 fully saturated rings. The molecule has 1 aromatic carbocycles. The van der Waals surface area contributed by atoms with Gasteiger partial charge in [0.2, 0.25) is 5.91 Å². The van der Waals surface area contributed by atoms with Gasteiger partial charge in [0.1, 0.15) is 0 Å². The molecule has 2 unspecified atom stereocenters. The molecule has 0 aromatic heterocycles. The summed E-state index contributed by atoms with van der Waals surface area (Å²) in [5.41, 5.74) is 7.13. The molecule has 1 rings (SSSR count). The number of likely N-dealkylation sites (N-methyl/N-ethyl adjacent to an activating group) is 1. The number of carbonyl (C=O) groups is 1. The van der Waals surface area contributed by atoms with Crippen LogP contribution in [0.25, 0.3) is 0 Å². The molecular formula is C16H26ClN3O. The summed E-state index contributed by atoms with van der Waals surface area (Å²) in [6.45, 7) is 8.90. The van der Waals surface area contributed by atoms with Crippen molar-refractivity contribution in [1.29, 1.82) is 0 Å². The smallest absolute Gasteiger partial charge is 0.234 e. The first-order chi connectivity index (χ1) is 9.86. The van der Waals surface area contributed by atoms with Gasteiger partial charge in [-0.25, -0.2) is 0 Å². The van der Waals surface area contributed by atoms with Crippen LogP contribution in [0.4, 0.5) is 0 Å². The summed E-state index contributed by atoms with van der Waals surface area (Å²) in [5, 5.41) is 3.60. The molecule has 0 radical (unpaired) electrons. The van der Waals surface area contributed by atoms with Crippen LogP contribution < -0.4 is 11.1 Å². The predicted octanol–water partition coefficient (Wildman–Crippen LogP) is 2.57. The topological polar surface area (TPSA) is 58.4 Å². The second kappa shape index (κ2) is 8.37. The monoisotopic (exact) mass is 311 g/mol. The summed E-state index contributed by atoms with van der Waals surface area (Å²) in [4.78, 5) is 14.1. The Morgan fingerprint density at radius 1 is 1.33 bits per heavy atom. The number of nitrogens with zero attached hydrogens (tertiary/aromatic N) is 1. The van der Waals surface area contributed by atoms with Crippen LogP contribution in [-0.2, 0) is 4.79 Å². The Kier molecular flexibility index (Phi) is 7.15. The average molecular weight is 312 g/mol. The highest BCUT2D eigenvalue weighted by Crippen LogP contribution is 2.29. The molecule has 0 spiro atoms. The molecule has 4 nitrogen and oxygen atoms in total. The molecule has 3 N–H and O–H groups in total. The Morgan fingerprint density at radius 2 is 1.95 bits per heavy atom. The molecule has 0 saturated heterocycles. The van der Waals surface area contributed by atoms with Gasteiger partial charge in [0.15, 0.2) is 0 Å².